The number of H-pyrrole nitrogens is 2. The maximum Gasteiger partial charge on any atom is 0.323 e. The van der Waals surface area contributed by atoms with Gasteiger partial charge in [0.25, 0.3) is 0 Å². The number of aliphatic hydroxyl groups is 1. The van der Waals surface area contributed by atoms with E-state index in [1.165, 1.54) is 19.3 Å². The fraction of sp³-hybridized carbons (Fsp3) is 0.579. The van der Waals surface area contributed by atoms with E-state index < -0.39 is 6.10 Å². The van der Waals surface area contributed by atoms with Gasteiger partial charge in [-0.1, -0.05) is 25.3 Å². The SMILES string of the molecule is O=C(CCCc1ccc2[nH]c(=O)[nH]c2c1)NC[C@H](O)C1CCCCC1. The normalized spacial score (nSPS) is 16.8. The maximum atomic E-state index is 12.0. The van der Waals surface area contributed by atoms with Gasteiger partial charge < -0.3 is 20.4 Å². The number of hydrogen-bond donors (Lipinski definition) is 4. The maximum absolute atomic E-state index is 12.0. The Balaban J connectivity index is 1.38. The Morgan fingerprint density at radius 3 is 2.76 bits per heavy atom. The standard InChI is InChI=1S/C19H27N3O3/c23-17(14-6-2-1-3-7-14)12-20-18(24)8-4-5-13-9-10-15-16(11-13)22-19(25)21-15/h9-11,14,17,23H,1-8,12H2,(H,20,24)(H2,21,22,25)/t17-/m0/s1. The van der Waals surface area contributed by atoms with Crippen molar-refractivity contribution in [3.63, 3.8) is 0 Å². The molecule has 6 nitrogen and oxygen atoms in total. The van der Waals surface area contributed by atoms with E-state index in [1.54, 1.807) is 0 Å². The van der Waals surface area contributed by atoms with E-state index >= 15 is 0 Å². The molecule has 0 bridgehead atoms. The number of aromatic amines is 2. The number of carbonyl (C=O) groups is 1. The van der Waals surface area contributed by atoms with Gasteiger partial charge in [-0.15, -0.1) is 0 Å². The Kier molecular flexibility index (Phi) is 5.91. The number of aryl methyl sites for hydroxylation is 1. The van der Waals surface area contributed by atoms with Crippen LogP contribution in [-0.4, -0.2) is 33.6 Å². The Hall–Kier alpha value is -2.08. The van der Waals surface area contributed by atoms with Gasteiger partial charge in [0.2, 0.25) is 5.91 Å². The summed E-state index contributed by atoms with van der Waals surface area (Å²) in [6.07, 6.45) is 7.32. The van der Waals surface area contributed by atoms with Crippen molar-refractivity contribution < 1.29 is 9.90 Å². The second kappa shape index (κ2) is 8.34. The van der Waals surface area contributed by atoms with Gasteiger partial charge in [0.1, 0.15) is 0 Å². The number of nitrogens with one attached hydrogen (secondary N) is 3. The molecule has 136 valence electrons. The first-order valence-corrected chi connectivity index (χ1v) is 9.27. The Labute approximate surface area is 147 Å². The van der Waals surface area contributed by atoms with Crippen LogP contribution in [0.4, 0.5) is 0 Å². The van der Waals surface area contributed by atoms with Gasteiger partial charge in [-0.2, -0.15) is 0 Å². The fourth-order valence-corrected chi connectivity index (χ4v) is 3.68. The van der Waals surface area contributed by atoms with Crippen molar-refractivity contribution in [1.82, 2.24) is 15.3 Å². The molecule has 0 aliphatic heterocycles. The van der Waals surface area contributed by atoms with Crippen LogP contribution in [0.2, 0.25) is 0 Å². The van der Waals surface area contributed by atoms with Crippen LogP contribution < -0.4 is 11.0 Å². The van der Waals surface area contributed by atoms with Crippen LogP contribution in [0.25, 0.3) is 11.0 Å². The van der Waals surface area contributed by atoms with Crippen molar-refractivity contribution in [1.29, 1.82) is 0 Å². The summed E-state index contributed by atoms with van der Waals surface area (Å²) in [5.41, 5.74) is 2.48. The lowest BCUT2D eigenvalue weighted by Gasteiger charge is -2.26. The number of imidazole rings is 1. The molecule has 1 aromatic heterocycles. The highest BCUT2D eigenvalue weighted by molar-refractivity contribution is 5.76. The molecular weight excluding hydrogens is 318 g/mol. The minimum absolute atomic E-state index is 0.00834. The topological polar surface area (TPSA) is 98.0 Å². The predicted octanol–water partition coefficient (Wildman–Crippen LogP) is 2.24. The van der Waals surface area contributed by atoms with Crippen LogP contribution in [0.15, 0.2) is 23.0 Å². The third-order valence-electron chi connectivity index (χ3n) is 5.15. The van der Waals surface area contributed by atoms with Crippen molar-refractivity contribution in [2.75, 3.05) is 6.54 Å². The van der Waals surface area contributed by atoms with Gasteiger partial charge in [-0.05, 0) is 49.3 Å². The summed E-state index contributed by atoms with van der Waals surface area (Å²) < 4.78 is 0. The number of benzene rings is 1. The second-order valence-corrected chi connectivity index (χ2v) is 7.08. The van der Waals surface area contributed by atoms with E-state index in [-0.39, 0.29) is 11.6 Å². The zero-order valence-corrected chi connectivity index (χ0v) is 14.5. The molecular formula is C19H27N3O3. The second-order valence-electron chi connectivity index (χ2n) is 7.08. The van der Waals surface area contributed by atoms with E-state index in [9.17, 15) is 14.7 Å². The first kappa shape index (κ1) is 17.7. The van der Waals surface area contributed by atoms with Gasteiger partial charge in [0, 0.05) is 13.0 Å². The van der Waals surface area contributed by atoms with Gasteiger partial charge in [0.15, 0.2) is 0 Å². The summed E-state index contributed by atoms with van der Waals surface area (Å²) in [6, 6.07) is 5.79. The molecule has 1 heterocycles. The first-order chi connectivity index (χ1) is 12.1. The van der Waals surface area contributed by atoms with Crippen LogP contribution >= 0.6 is 0 Å². The molecule has 4 N–H and O–H groups in total. The lowest BCUT2D eigenvalue weighted by molar-refractivity contribution is -0.121. The van der Waals surface area contributed by atoms with Crippen LogP contribution in [-0.2, 0) is 11.2 Å². The molecule has 2 aromatic rings. The number of carbonyl (C=O) groups excluding carboxylic acids is 1. The summed E-state index contributed by atoms with van der Waals surface area (Å²) in [6.45, 7) is 0.361. The number of hydrogen-bond acceptors (Lipinski definition) is 3. The Morgan fingerprint density at radius 1 is 1.20 bits per heavy atom. The fourth-order valence-electron chi connectivity index (χ4n) is 3.68. The van der Waals surface area contributed by atoms with Gasteiger partial charge >= 0.3 is 5.69 Å². The summed E-state index contributed by atoms with van der Waals surface area (Å²) in [7, 11) is 0. The predicted molar refractivity (Wildman–Crippen MR) is 97.4 cm³/mol. The molecule has 1 aliphatic carbocycles. The third kappa shape index (κ3) is 4.95. The van der Waals surface area contributed by atoms with Crippen LogP contribution in [0.5, 0.6) is 0 Å². The van der Waals surface area contributed by atoms with Crippen molar-refractivity contribution in [3.8, 4) is 0 Å². The quantitative estimate of drug-likeness (QED) is 0.619. The molecule has 3 rings (SSSR count). The highest BCUT2D eigenvalue weighted by Gasteiger charge is 2.21. The molecule has 1 aliphatic rings. The third-order valence-corrected chi connectivity index (χ3v) is 5.15. The first-order valence-electron chi connectivity index (χ1n) is 9.27. The molecule has 1 fully saturated rings. The van der Waals surface area contributed by atoms with E-state index in [4.69, 9.17) is 0 Å². The molecule has 6 heteroatoms. The van der Waals surface area contributed by atoms with Gasteiger partial charge in [0.05, 0.1) is 17.1 Å². The molecule has 1 saturated carbocycles. The van der Waals surface area contributed by atoms with E-state index in [2.05, 4.69) is 15.3 Å². The molecule has 1 aromatic carbocycles. The lowest BCUT2D eigenvalue weighted by atomic mass is 9.85. The molecule has 25 heavy (non-hydrogen) atoms. The van der Waals surface area contributed by atoms with E-state index in [0.717, 1.165) is 42.3 Å². The summed E-state index contributed by atoms with van der Waals surface area (Å²) in [5.74, 6) is 0.329. The molecule has 0 radical (unpaired) electrons. The van der Waals surface area contributed by atoms with Crippen LogP contribution in [0.3, 0.4) is 0 Å². The molecule has 0 spiro atoms. The van der Waals surface area contributed by atoms with Crippen LogP contribution in [0.1, 0.15) is 50.5 Å². The average Bonchev–Trinajstić information content (AvgIpc) is 2.99. The monoisotopic (exact) mass is 345 g/mol. The number of fused-ring (bicyclic) bond motifs is 1. The highest BCUT2D eigenvalue weighted by Crippen LogP contribution is 2.26. The van der Waals surface area contributed by atoms with Gasteiger partial charge in [-0.3, -0.25) is 4.79 Å². The van der Waals surface area contributed by atoms with Crippen molar-refractivity contribution in [2.45, 2.75) is 57.5 Å². The zero-order chi connectivity index (χ0) is 17.6. The van der Waals surface area contributed by atoms with Crippen molar-refractivity contribution in [2.24, 2.45) is 5.92 Å². The molecule has 0 saturated heterocycles. The van der Waals surface area contributed by atoms with Crippen molar-refractivity contribution in [3.05, 3.63) is 34.2 Å². The molecule has 0 unspecified atom stereocenters. The average molecular weight is 345 g/mol. The Bertz CT molecular complexity index is 759. The summed E-state index contributed by atoms with van der Waals surface area (Å²) in [4.78, 5) is 28.7. The number of amides is 1. The largest absolute Gasteiger partial charge is 0.391 e. The molecule has 1 atom stereocenters. The van der Waals surface area contributed by atoms with E-state index in [1.807, 2.05) is 18.2 Å². The minimum atomic E-state index is -0.419. The smallest absolute Gasteiger partial charge is 0.323 e. The molecule has 1 amide bonds. The lowest BCUT2D eigenvalue weighted by Crippen LogP contribution is -2.37. The Morgan fingerprint density at radius 2 is 1.96 bits per heavy atom. The van der Waals surface area contributed by atoms with E-state index in [0.29, 0.717) is 18.9 Å². The highest BCUT2D eigenvalue weighted by atomic mass is 16.3. The zero-order valence-electron chi connectivity index (χ0n) is 14.5. The number of aliphatic hydroxyl groups excluding tert-OH is 1. The van der Waals surface area contributed by atoms with Crippen LogP contribution in [0, 0.1) is 5.92 Å². The van der Waals surface area contributed by atoms with Crippen molar-refractivity contribution >= 4 is 16.9 Å². The summed E-state index contributed by atoms with van der Waals surface area (Å²) >= 11 is 0. The summed E-state index contributed by atoms with van der Waals surface area (Å²) in [5, 5.41) is 13.0. The number of aromatic nitrogens is 2. The minimum Gasteiger partial charge on any atom is -0.391 e. The number of rotatable bonds is 7. The van der Waals surface area contributed by atoms with Gasteiger partial charge in [-0.25, -0.2) is 4.79 Å².